The average molecular weight is 396 g/mol. The van der Waals surface area contributed by atoms with Crippen LogP contribution in [0, 0.1) is 0 Å². The zero-order valence-electron chi connectivity index (χ0n) is 17.3. The quantitative estimate of drug-likeness (QED) is 0.565. The van der Waals surface area contributed by atoms with Gasteiger partial charge in [0.25, 0.3) is 0 Å². The normalized spacial score (nSPS) is 25.6. The van der Waals surface area contributed by atoms with Crippen LogP contribution in [0.15, 0.2) is 0 Å². The molecule has 0 unspecified atom stereocenters. The number of unbranched alkanes of at least 4 members (excludes halogenated alkanes) is 1. The highest BCUT2D eigenvalue weighted by molar-refractivity contribution is 5.95. The SMILES string of the molecule is CCCCOC(=O)[C@@H]1CC[C@@H]2CCC(=O)C[C@H](NC(=O)OC(C)(C)C)C(=O)N21. The van der Waals surface area contributed by atoms with E-state index in [2.05, 4.69) is 5.32 Å². The van der Waals surface area contributed by atoms with Crippen molar-refractivity contribution >= 4 is 23.8 Å². The predicted molar refractivity (Wildman–Crippen MR) is 102 cm³/mol. The van der Waals surface area contributed by atoms with Crippen molar-refractivity contribution in [2.45, 2.75) is 96.4 Å². The molecule has 2 rings (SSSR count). The Bertz CT molecular complexity index is 612. The van der Waals surface area contributed by atoms with E-state index in [4.69, 9.17) is 9.47 Å². The summed E-state index contributed by atoms with van der Waals surface area (Å²) in [4.78, 5) is 51.5. The molecule has 0 aromatic heterocycles. The first-order valence-corrected chi connectivity index (χ1v) is 10.1. The van der Waals surface area contributed by atoms with Gasteiger partial charge in [0.1, 0.15) is 23.5 Å². The number of alkyl carbamates (subject to hydrolysis) is 1. The predicted octanol–water partition coefficient (Wildman–Crippen LogP) is 2.34. The molecular weight excluding hydrogens is 364 g/mol. The van der Waals surface area contributed by atoms with Crippen LogP contribution < -0.4 is 5.32 Å². The Morgan fingerprint density at radius 2 is 1.89 bits per heavy atom. The zero-order valence-corrected chi connectivity index (χ0v) is 17.3. The van der Waals surface area contributed by atoms with Gasteiger partial charge in [0.15, 0.2) is 0 Å². The van der Waals surface area contributed by atoms with Crippen LogP contribution in [0.2, 0.25) is 0 Å². The highest BCUT2D eigenvalue weighted by Gasteiger charge is 2.45. The molecule has 1 N–H and O–H groups in total. The third-order valence-electron chi connectivity index (χ3n) is 4.95. The van der Waals surface area contributed by atoms with Gasteiger partial charge in [-0.05, 0) is 46.5 Å². The van der Waals surface area contributed by atoms with Crippen molar-refractivity contribution in [1.82, 2.24) is 10.2 Å². The molecule has 0 aromatic rings. The molecule has 2 aliphatic heterocycles. The maximum atomic E-state index is 13.2. The van der Waals surface area contributed by atoms with Crippen LogP contribution in [0.5, 0.6) is 0 Å². The number of carbonyl (C=O) groups is 4. The first-order valence-electron chi connectivity index (χ1n) is 10.1. The van der Waals surface area contributed by atoms with Crippen LogP contribution in [0.25, 0.3) is 0 Å². The summed E-state index contributed by atoms with van der Waals surface area (Å²) in [5.74, 6) is -0.908. The minimum absolute atomic E-state index is 0.0805. The molecule has 158 valence electrons. The van der Waals surface area contributed by atoms with Gasteiger partial charge in [-0.1, -0.05) is 13.3 Å². The maximum absolute atomic E-state index is 13.2. The number of amides is 2. The van der Waals surface area contributed by atoms with E-state index in [0.29, 0.717) is 32.3 Å². The number of fused-ring (bicyclic) bond motifs is 1. The standard InChI is InChI=1S/C20H32N2O6/c1-5-6-11-27-18(25)16-10-8-13-7-9-14(23)12-15(17(24)22(13)16)21-19(26)28-20(2,3)4/h13,15-16H,5-12H2,1-4H3,(H,21,26)/t13-,15-,16-/m0/s1. The maximum Gasteiger partial charge on any atom is 0.408 e. The second-order valence-corrected chi connectivity index (χ2v) is 8.49. The van der Waals surface area contributed by atoms with E-state index in [1.54, 1.807) is 20.8 Å². The fourth-order valence-corrected chi connectivity index (χ4v) is 3.63. The second-order valence-electron chi connectivity index (χ2n) is 8.49. The highest BCUT2D eigenvalue weighted by Crippen LogP contribution is 2.31. The number of rotatable bonds is 5. The highest BCUT2D eigenvalue weighted by atomic mass is 16.6. The monoisotopic (exact) mass is 396 g/mol. The van der Waals surface area contributed by atoms with Gasteiger partial charge < -0.3 is 19.7 Å². The molecule has 0 aromatic carbocycles. The minimum atomic E-state index is -1.03. The molecule has 0 bridgehead atoms. The summed E-state index contributed by atoms with van der Waals surface area (Å²) in [5, 5.41) is 2.52. The van der Waals surface area contributed by atoms with Gasteiger partial charge in [0.2, 0.25) is 5.91 Å². The lowest BCUT2D eigenvalue weighted by molar-refractivity contribution is -0.156. The largest absolute Gasteiger partial charge is 0.464 e. The number of Topliss-reactive ketones (excluding diaryl/α,β-unsaturated/α-hetero) is 1. The molecule has 2 aliphatic rings. The zero-order chi connectivity index (χ0) is 20.9. The van der Waals surface area contributed by atoms with Crippen LogP contribution >= 0.6 is 0 Å². The number of hydrogen-bond acceptors (Lipinski definition) is 6. The van der Waals surface area contributed by atoms with E-state index in [-0.39, 0.29) is 18.2 Å². The van der Waals surface area contributed by atoms with Crippen LogP contribution in [0.1, 0.15) is 72.6 Å². The lowest BCUT2D eigenvalue weighted by Crippen LogP contribution is -2.56. The molecule has 28 heavy (non-hydrogen) atoms. The molecule has 0 spiro atoms. The van der Waals surface area contributed by atoms with Crippen molar-refractivity contribution in [2.75, 3.05) is 6.61 Å². The number of nitrogens with one attached hydrogen (secondary N) is 1. The Balaban J connectivity index is 2.14. The van der Waals surface area contributed by atoms with E-state index in [1.165, 1.54) is 4.90 Å². The van der Waals surface area contributed by atoms with Gasteiger partial charge in [0, 0.05) is 18.9 Å². The van der Waals surface area contributed by atoms with Gasteiger partial charge in [-0.25, -0.2) is 9.59 Å². The lowest BCUT2D eigenvalue weighted by atomic mass is 9.98. The number of ether oxygens (including phenoxy) is 2. The first-order chi connectivity index (χ1) is 13.1. The third kappa shape index (κ3) is 5.94. The van der Waals surface area contributed by atoms with Crippen LogP contribution in [0.4, 0.5) is 4.79 Å². The Morgan fingerprint density at radius 1 is 1.18 bits per heavy atom. The van der Waals surface area contributed by atoms with E-state index in [1.807, 2.05) is 6.92 Å². The summed E-state index contributed by atoms with van der Waals surface area (Å²) in [6, 6.07) is -1.89. The summed E-state index contributed by atoms with van der Waals surface area (Å²) >= 11 is 0. The molecule has 8 nitrogen and oxygen atoms in total. The van der Waals surface area contributed by atoms with Crippen molar-refractivity contribution in [1.29, 1.82) is 0 Å². The molecule has 2 heterocycles. The van der Waals surface area contributed by atoms with Gasteiger partial charge in [-0.15, -0.1) is 0 Å². The molecule has 2 amide bonds. The smallest absolute Gasteiger partial charge is 0.408 e. The molecule has 3 atom stereocenters. The van der Waals surface area contributed by atoms with E-state index in [0.717, 1.165) is 12.8 Å². The number of ketones is 1. The Morgan fingerprint density at radius 3 is 2.54 bits per heavy atom. The van der Waals surface area contributed by atoms with E-state index >= 15 is 0 Å². The second kappa shape index (κ2) is 9.39. The summed E-state index contributed by atoms with van der Waals surface area (Å²) < 4.78 is 10.6. The van der Waals surface area contributed by atoms with Crippen molar-refractivity contribution < 1.29 is 28.7 Å². The van der Waals surface area contributed by atoms with Crippen molar-refractivity contribution in [2.24, 2.45) is 0 Å². The van der Waals surface area contributed by atoms with Gasteiger partial charge >= 0.3 is 12.1 Å². The Labute approximate surface area is 166 Å². The summed E-state index contributed by atoms with van der Waals surface area (Å²) in [5.41, 5.74) is -0.722. The summed E-state index contributed by atoms with van der Waals surface area (Å²) in [6.45, 7) is 7.49. The molecule has 8 heteroatoms. The van der Waals surface area contributed by atoms with Gasteiger partial charge in [0.05, 0.1) is 6.61 Å². The van der Waals surface area contributed by atoms with Gasteiger partial charge in [-0.3, -0.25) is 9.59 Å². The fraction of sp³-hybridized carbons (Fsp3) is 0.800. The molecule has 2 fully saturated rings. The fourth-order valence-electron chi connectivity index (χ4n) is 3.63. The topological polar surface area (TPSA) is 102 Å². The average Bonchev–Trinajstić information content (AvgIpc) is 3.00. The Kier molecular flexibility index (Phi) is 7.43. The van der Waals surface area contributed by atoms with E-state index < -0.39 is 35.7 Å². The van der Waals surface area contributed by atoms with Crippen LogP contribution in [-0.4, -0.2) is 59.0 Å². The minimum Gasteiger partial charge on any atom is -0.464 e. The van der Waals surface area contributed by atoms with Crippen LogP contribution in [0.3, 0.4) is 0 Å². The van der Waals surface area contributed by atoms with Crippen molar-refractivity contribution in [3.05, 3.63) is 0 Å². The summed E-state index contributed by atoms with van der Waals surface area (Å²) in [7, 11) is 0. The molecule has 0 radical (unpaired) electrons. The molecular formula is C20H32N2O6. The van der Waals surface area contributed by atoms with Crippen LogP contribution in [-0.2, 0) is 23.9 Å². The first kappa shape index (κ1) is 22.2. The van der Waals surface area contributed by atoms with Crippen molar-refractivity contribution in [3.8, 4) is 0 Å². The third-order valence-corrected chi connectivity index (χ3v) is 4.95. The number of carbonyl (C=O) groups excluding carboxylic acids is 4. The summed E-state index contributed by atoms with van der Waals surface area (Å²) in [6.07, 6.45) is 2.83. The lowest BCUT2D eigenvalue weighted by Gasteiger charge is -2.34. The number of nitrogens with zero attached hydrogens (tertiary/aromatic N) is 1. The Hall–Kier alpha value is -2.12. The molecule has 2 saturated heterocycles. The van der Waals surface area contributed by atoms with Gasteiger partial charge in [-0.2, -0.15) is 0 Å². The molecule has 0 aliphatic carbocycles. The van der Waals surface area contributed by atoms with Crippen molar-refractivity contribution in [3.63, 3.8) is 0 Å². The number of hydrogen-bond donors (Lipinski definition) is 1. The molecule has 0 saturated carbocycles. The van der Waals surface area contributed by atoms with E-state index in [9.17, 15) is 19.2 Å². The number of esters is 1.